The first-order valence-electron chi connectivity index (χ1n) is 9.49. The van der Waals surface area contributed by atoms with Gasteiger partial charge in [0, 0.05) is 11.4 Å². The van der Waals surface area contributed by atoms with Gasteiger partial charge in [-0.15, -0.1) is 10.2 Å². The lowest BCUT2D eigenvalue weighted by atomic mass is 10.2. The van der Waals surface area contributed by atoms with Crippen LogP contribution in [-0.4, -0.2) is 49.4 Å². The van der Waals surface area contributed by atoms with Crippen LogP contribution in [0.2, 0.25) is 0 Å². The van der Waals surface area contributed by atoms with Crippen LogP contribution in [0, 0.1) is 13.8 Å². The van der Waals surface area contributed by atoms with Crippen molar-refractivity contribution in [1.29, 1.82) is 0 Å². The monoisotopic (exact) mass is 426 g/mol. The van der Waals surface area contributed by atoms with Gasteiger partial charge in [0.25, 0.3) is 0 Å². The second-order valence-corrected chi connectivity index (χ2v) is 7.56. The van der Waals surface area contributed by atoms with Crippen LogP contribution in [0.5, 0.6) is 0 Å². The van der Waals surface area contributed by atoms with E-state index in [2.05, 4.69) is 43.2 Å². The fourth-order valence-electron chi connectivity index (χ4n) is 2.96. The lowest BCUT2D eigenvalue weighted by molar-refractivity contribution is -0.143. The van der Waals surface area contributed by atoms with Crippen molar-refractivity contribution in [2.45, 2.75) is 37.8 Å². The average molecular weight is 427 g/mol. The molecule has 30 heavy (non-hydrogen) atoms. The zero-order valence-corrected chi connectivity index (χ0v) is 17.7. The van der Waals surface area contributed by atoms with Gasteiger partial charge in [0.15, 0.2) is 0 Å². The summed E-state index contributed by atoms with van der Waals surface area (Å²) >= 11 is 1.52. The quantitative estimate of drug-likeness (QED) is 0.472. The molecule has 0 bridgehead atoms. The van der Waals surface area contributed by atoms with Gasteiger partial charge in [-0.2, -0.15) is 9.77 Å². The number of anilines is 1. The normalized spacial score (nSPS) is 15.4. The van der Waals surface area contributed by atoms with Crippen LogP contribution >= 0.6 is 11.8 Å². The van der Waals surface area contributed by atoms with Gasteiger partial charge in [0.2, 0.25) is 23.2 Å². The Morgan fingerprint density at radius 3 is 2.73 bits per heavy atom. The van der Waals surface area contributed by atoms with Crippen molar-refractivity contribution in [3.05, 3.63) is 53.3 Å². The molecular weight excluding hydrogens is 404 g/mol. The minimum absolute atomic E-state index is 0.250. The highest BCUT2D eigenvalue weighted by atomic mass is 32.2. The molecule has 0 radical (unpaired) electrons. The first-order chi connectivity index (χ1) is 14.5. The summed E-state index contributed by atoms with van der Waals surface area (Å²) in [5.74, 6) is 0.942. The summed E-state index contributed by atoms with van der Waals surface area (Å²) in [7, 11) is 0. The topological polar surface area (TPSA) is 111 Å². The molecule has 156 valence electrons. The lowest BCUT2D eigenvalue weighted by Gasteiger charge is -2.12. The van der Waals surface area contributed by atoms with Crippen LogP contribution < -0.4 is 10.7 Å². The Balaban J connectivity index is 1.67. The zero-order valence-electron chi connectivity index (χ0n) is 16.9. The minimum Gasteiger partial charge on any atom is -0.463 e. The highest BCUT2D eigenvalue weighted by molar-refractivity contribution is 7.98. The van der Waals surface area contributed by atoms with Crippen LogP contribution in [-0.2, 0) is 15.3 Å². The number of hydrogen-bond acceptors (Lipinski definition) is 9. The van der Waals surface area contributed by atoms with E-state index in [0.717, 1.165) is 11.4 Å². The van der Waals surface area contributed by atoms with Gasteiger partial charge in [-0.1, -0.05) is 42.1 Å². The van der Waals surface area contributed by atoms with Crippen molar-refractivity contribution in [2.75, 3.05) is 17.3 Å². The average Bonchev–Trinajstić information content (AvgIpc) is 3.21. The number of aliphatic imine (C=N–C) groups is 1. The molecule has 3 aromatic rings. The first-order valence-corrected chi connectivity index (χ1v) is 10.5. The minimum atomic E-state index is -0.978. The molecule has 1 aliphatic heterocycles. The van der Waals surface area contributed by atoms with Crippen LogP contribution in [0.15, 0.2) is 46.5 Å². The molecule has 3 heterocycles. The Hall–Kier alpha value is -3.34. The number of carbonyl (C=O) groups is 1. The van der Waals surface area contributed by atoms with Crippen LogP contribution in [0.1, 0.15) is 23.9 Å². The molecule has 2 N–H and O–H groups in total. The Bertz CT molecular complexity index is 1080. The summed E-state index contributed by atoms with van der Waals surface area (Å²) in [4.78, 5) is 16.9. The molecule has 0 fully saturated rings. The number of nitrogens with one attached hydrogen (secondary N) is 2. The Morgan fingerprint density at radius 2 is 2.03 bits per heavy atom. The van der Waals surface area contributed by atoms with E-state index >= 15 is 0 Å². The smallest absolute Gasteiger partial charge is 0.351 e. The van der Waals surface area contributed by atoms with E-state index in [4.69, 9.17) is 4.74 Å². The third-order valence-corrected chi connectivity index (χ3v) is 5.29. The lowest BCUT2D eigenvalue weighted by Crippen LogP contribution is -2.33. The van der Waals surface area contributed by atoms with Crippen LogP contribution in [0.3, 0.4) is 0 Å². The number of aromatic nitrogens is 5. The molecule has 0 saturated heterocycles. The number of hydrogen-bond donors (Lipinski definition) is 2. The fourth-order valence-corrected chi connectivity index (χ4v) is 3.81. The van der Waals surface area contributed by atoms with E-state index in [1.165, 1.54) is 17.3 Å². The van der Waals surface area contributed by atoms with Crippen molar-refractivity contribution in [3.63, 3.8) is 0 Å². The Labute approximate surface area is 177 Å². The van der Waals surface area contributed by atoms with Crippen molar-refractivity contribution in [3.8, 4) is 0 Å². The number of aryl methyl sites for hydroxylation is 2. The summed E-state index contributed by atoms with van der Waals surface area (Å²) in [6.45, 7) is 5.81. The Morgan fingerprint density at radius 1 is 1.23 bits per heavy atom. The largest absolute Gasteiger partial charge is 0.463 e. The molecule has 11 heteroatoms. The second-order valence-electron chi connectivity index (χ2n) is 6.62. The maximum absolute atomic E-state index is 12.4. The molecule has 10 nitrogen and oxygen atoms in total. The number of fused-ring (bicyclic) bond motifs is 1. The number of benzene rings is 1. The van der Waals surface area contributed by atoms with E-state index in [1.54, 1.807) is 16.3 Å². The summed E-state index contributed by atoms with van der Waals surface area (Å²) < 4.78 is 8.47. The van der Waals surface area contributed by atoms with Gasteiger partial charge in [0.1, 0.15) is 0 Å². The number of rotatable bonds is 5. The fraction of sp³-hybridized carbons (Fsp3) is 0.316. The summed E-state index contributed by atoms with van der Waals surface area (Å²) in [6, 6.07) is 12.0. The number of esters is 1. The van der Waals surface area contributed by atoms with Gasteiger partial charge in [-0.3, -0.25) is 5.43 Å². The van der Waals surface area contributed by atoms with E-state index in [9.17, 15) is 4.79 Å². The number of ether oxygens (including phenoxy) is 1. The van der Waals surface area contributed by atoms with Crippen molar-refractivity contribution in [2.24, 2.45) is 4.99 Å². The molecule has 2 aromatic heterocycles. The van der Waals surface area contributed by atoms with Crippen LogP contribution in [0.25, 0.3) is 0 Å². The third kappa shape index (κ3) is 4.15. The summed E-state index contributed by atoms with van der Waals surface area (Å²) in [6.07, 6.45) is -0.978. The second kappa shape index (κ2) is 8.57. The van der Waals surface area contributed by atoms with Gasteiger partial charge >= 0.3 is 5.97 Å². The molecule has 0 saturated carbocycles. The third-order valence-electron chi connectivity index (χ3n) is 4.29. The highest BCUT2D eigenvalue weighted by Gasteiger charge is 2.28. The van der Waals surface area contributed by atoms with Crippen LogP contribution in [0.4, 0.5) is 5.95 Å². The standard InChI is InChI=1S/C19H22N8O2S/c1-4-29-16(28)15-20-17-22-23-19(30-11-14-8-6-5-7-9-14)27(17)25-18(21-15)26-13(3)10-12(2)24-26/h5-10,15H,4,11H2,1-3H3,(H,20,22)(H,21,25). The van der Waals surface area contributed by atoms with Gasteiger partial charge < -0.3 is 10.1 Å². The number of thioether (sulfide) groups is 1. The molecule has 0 aliphatic carbocycles. The number of carbonyl (C=O) groups excluding carboxylic acids is 1. The highest BCUT2D eigenvalue weighted by Crippen LogP contribution is 2.24. The van der Waals surface area contributed by atoms with Gasteiger partial charge in [-0.25, -0.2) is 14.5 Å². The van der Waals surface area contributed by atoms with Crippen molar-refractivity contribution >= 4 is 29.6 Å². The molecule has 4 rings (SSSR count). The van der Waals surface area contributed by atoms with E-state index in [1.807, 2.05) is 38.1 Å². The Kier molecular flexibility index (Phi) is 5.70. The summed E-state index contributed by atoms with van der Waals surface area (Å²) in [5.41, 5.74) is 6.07. The molecule has 1 aliphatic rings. The first kappa shape index (κ1) is 20.0. The predicted octanol–water partition coefficient (Wildman–Crippen LogP) is 2.15. The molecule has 1 unspecified atom stereocenters. The molecule has 1 aromatic carbocycles. The molecular formula is C19H22N8O2S. The maximum Gasteiger partial charge on any atom is 0.351 e. The van der Waals surface area contributed by atoms with Gasteiger partial charge in [-0.05, 0) is 32.4 Å². The SMILES string of the molecule is CCOC(=O)C1N=C(n2nc(C)cc2C)Nn2c(nnc2SCc2ccccc2)N1. The summed E-state index contributed by atoms with van der Waals surface area (Å²) in [5, 5.41) is 16.6. The predicted molar refractivity (Wildman–Crippen MR) is 114 cm³/mol. The molecule has 1 atom stereocenters. The molecule has 0 spiro atoms. The van der Waals surface area contributed by atoms with E-state index in [-0.39, 0.29) is 6.61 Å². The van der Waals surface area contributed by atoms with Gasteiger partial charge in [0.05, 0.1) is 12.3 Å². The van der Waals surface area contributed by atoms with Crippen molar-refractivity contribution in [1.82, 2.24) is 24.7 Å². The number of nitrogens with zero attached hydrogens (tertiary/aromatic N) is 6. The van der Waals surface area contributed by atoms with E-state index < -0.39 is 12.1 Å². The molecule has 0 amide bonds. The van der Waals surface area contributed by atoms with E-state index in [0.29, 0.717) is 22.8 Å². The zero-order chi connectivity index (χ0) is 21.1. The maximum atomic E-state index is 12.4. The van der Waals surface area contributed by atoms with Crippen molar-refractivity contribution < 1.29 is 9.53 Å².